The molecule has 0 radical (unpaired) electrons. The molecule has 0 aliphatic rings. The Morgan fingerprint density at radius 1 is 0.441 bits per heavy atom. The maximum atomic E-state index is 2.38. The molecule has 6 aromatic carbocycles. The third-order valence-corrected chi connectivity index (χ3v) is 6.79. The predicted molar refractivity (Wildman–Crippen MR) is 151 cm³/mol. The summed E-state index contributed by atoms with van der Waals surface area (Å²) < 4.78 is 0. The van der Waals surface area contributed by atoms with Crippen LogP contribution in [0.3, 0.4) is 0 Å². The number of fused-ring (bicyclic) bond motifs is 3. The normalized spacial score (nSPS) is 10.9. The largest absolute Gasteiger partial charge is 0.0683 e. The predicted octanol–water partition coefficient (Wildman–Crippen LogP) is 10.1. The molecule has 0 aliphatic heterocycles. The Balaban J connectivity index is 0.00000117. The molecule has 0 spiro atoms. The van der Waals surface area contributed by atoms with Crippen LogP contribution in [0.5, 0.6) is 0 Å². The van der Waals surface area contributed by atoms with Gasteiger partial charge in [-0.05, 0) is 91.7 Å². The summed E-state index contributed by atoms with van der Waals surface area (Å²) in [4.78, 5) is 0. The molecule has 0 bridgehead atoms. The summed E-state index contributed by atoms with van der Waals surface area (Å²) in [7, 11) is 0. The molecule has 0 N–H and O–H groups in total. The molecular formula is C34H30. The first-order valence-electron chi connectivity index (χ1n) is 12.2. The first-order chi connectivity index (χ1) is 16.7. The Morgan fingerprint density at radius 2 is 0.971 bits per heavy atom. The van der Waals surface area contributed by atoms with Gasteiger partial charge in [0.2, 0.25) is 0 Å². The quantitative estimate of drug-likeness (QED) is 0.236. The van der Waals surface area contributed by atoms with Crippen molar-refractivity contribution in [1.82, 2.24) is 0 Å². The molecule has 0 heterocycles. The molecule has 166 valence electrons. The summed E-state index contributed by atoms with van der Waals surface area (Å²) in [5, 5.41) is 7.85. The van der Waals surface area contributed by atoms with Crippen molar-refractivity contribution in [3.05, 3.63) is 120 Å². The van der Waals surface area contributed by atoms with Gasteiger partial charge in [0.1, 0.15) is 0 Å². The number of rotatable bonds is 2. The van der Waals surface area contributed by atoms with Crippen molar-refractivity contribution in [3.8, 4) is 22.3 Å². The molecule has 0 fully saturated rings. The second-order valence-electron chi connectivity index (χ2n) is 8.68. The van der Waals surface area contributed by atoms with Crippen molar-refractivity contribution in [2.45, 2.75) is 27.7 Å². The van der Waals surface area contributed by atoms with Crippen LogP contribution in [0.1, 0.15) is 25.0 Å². The molecule has 0 heteroatoms. The highest BCUT2D eigenvalue weighted by Crippen LogP contribution is 2.40. The molecule has 0 amide bonds. The van der Waals surface area contributed by atoms with Crippen LogP contribution in [-0.4, -0.2) is 0 Å². The van der Waals surface area contributed by atoms with Crippen molar-refractivity contribution >= 4 is 32.3 Å². The van der Waals surface area contributed by atoms with Gasteiger partial charge >= 0.3 is 0 Å². The minimum Gasteiger partial charge on any atom is -0.0683 e. The number of benzene rings is 6. The fourth-order valence-corrected chi connectivity index (χ4v) is 5.10. The van der Waals surface area contributed by atoms with Gasteiger partial charge in [0.15, 0.2) is 0 Å². The summed E-state index contributed by atoms with van der Waals surface area (Å²) >= 11 is 0. The Bertz CT molecular complexity index is 1580. The summed E-state index contributed by atoms with van der Waals surface area (Å²) in [6.07, 6.45) is 0. The lowest BCUT2D eigenvalue weighted by atomic mass is 9.87. The Labute approximate surface area is 202 Å². The van der Waals surface area contributed by atoms with Crippen LogP contribution in [0.25, 0.3) is 54.6 Å². The van der Waals surface area contributed by atoms with Crippen LogP contribution in [0.2, 0.25) is 0 Å². The van der Waals surface area contributed by atoms with Crippen molar-refractivity contribution < 1.29 is 0 Å². The molecule has 0 saturated carbocycles. The van der Waals surface area contributed by atoms with E-state index in [0.717, 1.165) is 0 Å². The van der Waals surface area contributed by atoms with E-state index in [1.165, 1.54) is 65.7 Å². The number of hydrogen-bond donors (Lipinski definition) is 0. The summed E-state index contributed by atoms with van der Waals surface area (Å²) in [6, 6.07) is 39.9. The zero-order valence-electron chi connectivity index (χ0n) is 20.4. The fourth-order valence-electron chi connectivity index (χ4n) is 5.10. The van der Waals surface area contributed by atoms with E-state index in [9.17, 15) is 0 Å². The van der Waals surface area contributed by atoms with E-state index in [4.69, 9.17) is 0 Å². The minimum absolute atomic E-state index is 1.27. The topological polar surface area (TPSA) is 0 Å². The highest BCUT2D eigenvalue weighted by molar-refractivity contribution is 6.15. The lowest BCUT2D eigenvalue weighted by Gasteiger charge is -2.17. The highest BCUT2D eigenvalue weighted by Gasteiger charge is 2.14. The van der Waals surface area contributed by atoms with Gasteiger partial charge in [-0.25, -0.2) is 0 Å². The summed E-state index contributed by atoms with van der Waals surface area (Å²) in [5.74, 6) is 0. The first kappa shape index (κ1) is 21.9. The van der Waals surface area contributed by atoms with Gasteiger partial charge in [-0.15, -0.1) is 0 Å². The van der Waals surface area contributed by atoms with Gasteiger partial charge < -0.3 is 0 Å². The number of aryl methyl sites for hydroxylation is 2. The smallest absolute Gasteiger partial charge is 0.00264 e. The van der Waals surface area contributed by atoms with Gasteiger partial charge in [-0.2, -0.15) is 0 Å². The SMILES string of the molecule is CC.Cc1ccc(-c2c3ccccc3c(C)c3ccccc23)cc1-c1ccc2ccccc2c1. The summed E-state index contributed by atoms with van der Waals surface area (Å²) in [6.45, 7) is 8.45. The third-order valence-electron chi connectivity index (χ3n) is 6.79. The Kier molecular flexibility index (Phi) is 5.90. The minimum atomic E-state index is 1.27. The zero-order valence-corrected chi connectivity index (χ0v) is 20.4. The maximum absolute atomic E-state index is 2.38. The van der Waals surface area contributed by atoms with Crippen LogP contribution < -0.4 is 0 Å². The van der Waals surface area contributed by atoms with Crippen molar-refractivity contribution in [3.63, 3.8) is 0 Å². The van der Waals surface area contributed by atoms with Gasteiger partial charge in [0.05, 0.1) is 0 Å². The maximum Gasteiger partial charge on any atom is -0.00264 e. The molecule has 0 saturated heterocycles. The van der Waals surface area contributed by atoms with Gasteiger partial charge in [-0.1, -0.05) is 111 Å². The van der Waals surface area contributed by atoms with Crippen molar-refractivity contribution in [2.75, 3.05) is 0 Å². The molecule has 0 aromatic heterocycles. The van der Waals surface area contributed by atoms with E-state index in [-0.39, 0.29) is 0 Å². The van der Waals surface area contributed by atoms with E-state index >= 15 is 0 Å². The van der Waals surface area contributed by atoms with Gasteiger partial charge in [0, 0.05) is 0 Å². The Morgan fingerprint density at radius 3 is 1.62 bits per heavy atom. The van der Waals surface area contributed by atoms with Crippen molar-refractivity contribution in [2.24, 2.45) is 0 Å². The molecule has 6 aromatic rings. The van der Waals surface area contributed by atoms with Gasteiger partial charge in [0.25, 0.3) is 0 Å². The Hall–Kier alpha value is -3.90. The first-order valence-corrected chi connectivity index (χ1v) is 12.2. The zero-order chi connectivity index (χ0) is 23.7. The lowest BCUT2D eigenvalue weighted by molar-refractivity contribution is 1.46. The molecule has 6 rings (SSSR count). The van der Waals surface area contributed by atoms with Crippen LogP contribution >= 0.6 is 0 Å². The van der Waals surface area contributed by atoms with E-state index in [1.807, 2.05) is 13.8 Å². The van der Waals surface area contributed by atoms with E-state index < -0.39 is 0 Å². The van der Waals surface area contributed by atoms with Crippen LogP contribution in [0.15, 0.2) is 109 Å². The average Bonchev–Trinajstić information content (AvgIpc) is 2.90. The summed E-state index contributed by atoms with van der Waals surface area (Å²) in [5.41, 5.74) is 7.80. The molecule has 0 aliphatic carbocycles. The van der Waals surface area contributed by atoms with Crippen LogP contribution in [0.4, 0.5) is 0 Å². The molecular weight excluding hydrogens is 408 g/mol. The molecule has 34 heavy (non-hydrogen) atoms. The van der Waals surface area contributed by atoms with E-state index in [2.05, 4.69) is 123 Å². The third kappa shape index (κ3) is 3.66. The van der Waals surface area contributed by atoms with Crippen LogP contribution in [-0.2, 0) is 0 Å². The molecule has 0 nitrogen and oxygen atoms in total. The number of hydrogen-bond acceptors (Lipinski definition) is 0. The van der Waals surface area contributed by atoms with Crippen LogP contribution in [0, 0.1) is 13.8 Å². The standard InChI is InChI=1S/C32H24.C2H6/c1-21-15-16-26(20-31(21)25-18-17-23-9-3-4-10-24(23)19-25)32-29-13-7-5-11-27(29)22(2)28-12-6-8-14-30(28)32;1-2/h3-20H,1-2H3;1-2H3. The van der Waals surface area contributed by atoms with E-state index in [1.54, 1.807) is 0 Å². The van der Waals surface area contributed by atoms with Gasteiger partial charge in [-0.3, -0.25) is 0 Å². The highest BCUT2D eigenvalue weighted by atomic mass is 14.2. The molecule has 0 unspecified atom stereocenters. The lowest BCUT2D eigenvalue weighted by Crippen LogP contribution is -1.91. The fraction of sp³-hybridized carbons (Fsp3) is 0.118. The monoisotopic (exact) mass is 438 g/mol. The average molecular weight is 439 g/mol. The molecule has 0 atom stereocenters. The van der Waals surface area contributed by atoms with E-state index in [0.29, 0.717) is 0 Å². The van der Waals surface area contributed by atoms with Crippen molar-refractivity contribution in [1.29, 1.82) is 0 Å². The second-order valence-corrected chi connectivity index (χ2v) is 8.68. The second kappa shape index (κ2) is 9.15.